The van der Waals surface area contributed by atoms with Gasteiger partial charge < -0.3 is 16.0 Å². The number of halogens is 1. The van der Waals surface area contributed by atoms with Crippen LogP contribution in [0.25, 0.3) is 0 Å². The molecule has 2 amide bonds. The van der Waals surface area contributed by atoms with E-state index in [9.17, 15) is 9.59 Å². The number of hydrogen-bond donors (Lipinski definition) is 2. The van der Waals surface area contributed by atoms with Gasteiger partial charge in [-0.25, -0.2) is 0 Å². The first-order valence-electron chi connectivity index (χ1n) is 8.61. The van der Waals surface area contributed by atoms with Crippen LogP contribution >= 0.6 is 12.4 Å². The number of piperidine rings is 1. The molecule has 0 atom stereocenters. The summed E-state index contributed by atoms with van der Waals surface area (Å²) in [5.74, 6) is -0.493. The number of rotatable bonds is 3. The number of carbonyl (C=O) groups excluding carboxylic acids is 2. The Balaban J connectivity index is 0.00000243. The fourth-order valence-corrected chi connectivity index (χ4v) is 3.18. The van der Waals surface area contributed by atoms with E-state index < -0.39 is 11.8 Å². The Kier molecular flexibility index (Phi) is 7.04. The van der Waals surface area contributed by atoms with Crippen LogP contribution in [0.1, 0.15) is 18.4 Å². The van der Waals surface area contributed by atoms with Crippen LogP contribution in [0.4, 0.5) is 11.4 Å². The third-order valence-corrected chi connectivity index (χ3v) is 4.63. The summed E-state index contributed by atoms with van der Waals surface area (Å²) in [6.07, 6.45) is 2.88. The van der Waals surface area contributed by atoms with E-state index in [4.69, 9.17) is 5.73 Å². The molecule has 138 valence electrons. The lowest BCUT2D eigenvalue weighted by molar-refractivity contribution is -0.144. The minimum atomic E-state index is -0.591. The predicted octanol–water partition coefficient (Wildman–Crippen LogP) is 3.11. The maximum Gasteiger partial charge on any atom is 0.313 e. The summed E-state index contributed by atoms with van der Waals surface area (Å²) < 4.78 is 0. The first kappa shape index (κ1) is 19.8. The molecule has 0 unspecified atom stereocenters. The van der Waals surface area contributed by atoms with Gasteiger partial charge in [-0.15, -0.1) is 12.4 Å². The number of nitrogens with one attached hydrogen (secondary N) is 1. The lowest BCUT2D eigenvalue weighted by atomic mass is 9.90. The molecule has 26 heavy (non-hydrogen) atoms. The highest BCUT2D eigenvalue weighted by atomic mass is 35.5. The van der Waals surface area contributed by atoms with Gasteiger partial charge in [0.1, 0.15) is 0 Å². The molecule has 2 aromatic carbocycles. The van der Waals surface area contributed by atoms with Crippen LogP contribution in [0.3, 0.4) is 0 Å². The zero-order chi connectivity index (χ0) is 17.6. The summed E-state index contributed by atoms with van der Waals surface area (Å²) >= 11 is 0. The minimum absolute atomic E-state index is 0. The van der Waals surface area contributed by atoms with Gasteiger partial charge in [-0.1, -0.05) is 30.3 Å². The van der Waals surface area contributed by atoms with Gasteiger partial charge in [-0.05, 0) is 55.0 Å². The van der Waals surface area contributed by atoms with Crippen molar-refractivity contribution in [1.29, 1.82) is 0 Å². The van der Waals surface area contributed by atoms with E-state index in [1.54, 1.807) is 29.2 Å². The van der Waals surface area contributed by atoms with Crippen molar-refractivity contribution < 1.29 is 9.59 Å². The van der Waals surface area contributed by atoms with Crippen LogP contribution in [-0.4, -0.2) is 29.8 Å². The molecule has 6 heteroatoms. The molecule has 1 fully saturated rings. The molecular formula is C20H24ClN3O2. The monoisotopic (exact) mass is 373 g/mol. The van der Waals surface area contributed by atoms with Crippen molar-refractivity contribution in [2.75, 3.05) is 24.1 Å². The van der Waals surface area contributed by atoms with Gasteiger partial charge >= 0.3 is 11.8 Å². The van der Waals surface area contributed by atoms with Crippen LogP contribution in [0.15, 0.2) is 54.6 Å². The minimum Gasteiger partial charge on any atom is -0.399 e. The highest BCUT2D eigenvalue weighted by molar-refractivity contribution is 6.39. The molecule has 2 aromatic rings. The Morgan fingerprint density at radius 2 is 1.62 bits per heavy atom. The zero-order valence-corrected chi connectivity index (χ0v) is 15.4. The van der Waals surface area contributed by atoms with Crippen molar-refractivity contribution >= 4 is 35.6 Å². The smallest absolute Gasteiger partial charge is 0.313 e. The van der Waals surface area contributed by atoms with E-state index in [2.05, 4.69) is 29.6 Å². The van der Waals surface area contributed by atoms with Gasteiger partial charge in [-0.3, -0.25) is 9.59 Å². The van der Waals surface area contributed by atoms with E-state index in [1.165, 1.54) is 5.56 Å². The average Bonchev–Trinajstić information content (AvgIpc) is 2.64. The van der Waals surface area contributed by atoms with Gasteiger partial charge in [0.15, 0.2) is 0 Å². The molecule has 0 aliphatic carbocycles. The molecule has 0 radical (unpaired) electrons. The zero-order valence-electron chi connectivity index (χ0n) is 14.6. The number of amides is 2. The lowest BCUT2D eigenvalue weighted by Gasteiger charge is -2.31. The Morgan fingerprint density at radius 1 is 1.00 bits per heavy atom. The third kappa shape index (κ3) is 5.23. The van der Waals surface area contributed by atoms with Crippen molar-refractivity contribution in [2.24, 2.45) is 5.92 Å². The second-order valence-corrected chi connectivity index (χ2v) is 6.50. The number of anilines is 2. The largest absolute Gasteiger partial charge is 0.399 e. The van der Waals surface area contributed by atoms with E-state index >= 15 is 0 Å². The molecule has 1 aliphatic rings. The van der Waals surface area contributed by atoms with Crippen molar-refractivity contribution in [3.63, 3.8) is 0 Å². The van der Waals surface area contributed by atoms with Crippen molar-refractivity contribution in [3.8, 4) is 0 Å². The summed E-state index contributed by atoms with van der Waals surface area (Å²) in [6.45, 7) is 1.26. The summed E-state index contributed by atoms with van der Waals surface area (Å²) in [5.41, 5.74) is 8.13. The van der Waals surface area contributed by atoms with Gasteiger partial charge in [0, 0.05) is 24.5 Å². The molecule has 5 nitrogen and oxygen atoms in total. The lowest BCUT2D eigenvalue weighted by Crippen LogP contribution is -2.44. The van der Waals surface area contributed by atoms with Crippen LogP contribution in [0.5, 0.6) is 0 Å². The van der Waals surface area contributed by atoms with E-state index in [0.29, 0.717) is 30.4 Å². The molecule has 0 bridgehead atoms. The molecule has 0 aromatic heterocycles. The maximum atomic E-state index is 12.3. The number of carbonyl (C=O) groups is 2. The fraction of sp³-hybridized carbons (Fsp3) is 0.300. The van der Waals surface area contributed by atoms with Crippen LogP contribution in [0.2, 0.25) is 0 Å². The number of likely N-dealkylation sites (tertiary alicyclic amines) is 1. The molecule has 3 rings (SSSR count). The second-order valence-electron chi connectivity index (χ2n) is 6.50. The Labute approximate surface area is 160 Å². The van der Waals surface area contributed by atoms with Crippen LogP contribution in [-0.2, 0) is 16.0 Å². The fourth-order valence-electron chi connectivity index (χ4n) is 3.18. The topological polar surface area (TPSA) is 75.4 Å². The number of nitrogens with zero attached hydrogens (tertiary/aromatic N) is 1. The van der Waals surface area contributed by atoms with Gasteiger partial charge in [0.25, 0.3) is 0 Å². The van der Waals surface area contributed by atoms with Crippen molar-refractivity contribution in [1.82, 2.24) is 4.90 Å². The van der Waals surface area contributed by atoms with Crippen LogP contribution in [0, 0.1) is 5.92 Å². The summed E-state index contributed by atoms with van der Waals surface area (Å²) in [7, 11) is 0. The molecule has 0 spiro atoms. The first-order chi connectivity index (χ1) is 12.1. The van der Waals surface area contributed by atoms with E-state index in [0.717, 1.165) is 19.3 Å². The summed E-state index contributed by atoms with van der Waals surface area (Å²) in [4.78, 5) is 26.1. The van der Waals surface area contributed by atoms with Crippen molar-refractivity contribution in [3.05, 3.63) is 60.2 Å². The standard InChI is InChI=1S/C20H23N3O2.ClH/c21-17-6-8-18(9-7-17)22-19(24)20(25)23-12-10-16(11-13-23)14-15-4-2-1-3-5-15;/h1-9,16H,10-14,21H2,(H,22,24);1H. The van der Waals surface area contributed by atoms with Gasteiger partial charge in [0.2, 0.25) is 0 Å². The van der Waals surface area contributed by atoms with Gasteiger partial charge in [0.05, 0.1) is 0 Å². The Bertz CT molecular complexity index is 726. The molecule has 0 saturated carbocycles. The molecular weight excluding hydrogens is 350 g/mol. The molecule has 3 N–H and O–H groups in total. The predicted molar refractivity (Wildman–Crippen MR) is 106 cm³/mol. The van der Waals surface area contributed by atoms with Crippen molar-refractivity contribution in [2.45, 2.75) is 19.3 Å². The number of nitrogen functional groups attached to an aromatic ring is 1. The normalized spacial score (nSPS) is 14.4. The number of benzene rings is 2. The van der Waals surface area contributed by atoms with Gasteiger partial charge in [-0.2, -0.15) is 0 Å². The third-order valence-electron chi connectivity index (χ3n) is 4.63. The Morgan fingerprint density at radius 3 is 2.23 bits per heavy atom. The average molecular weight is 374 g/mol. The highest BCUT2D eigenvalue weighted by Gasteiger charge is 2.27. The van der Waals surface area contributed by atoms with Crippen LogP contribution < -0.4 is 11.1 Å². The number of hydrogen-bond acceptors (Lipinski definition) is 3. The quantitative estimate of drug-likeness (QED) is 0.641. The molecule has 1 aliphatic heterocycles. The molecule has 1 heterocycles. The van der Waals surface area contributed by atoms with E-state index in [-0.39, 0.29) is 12.4 Å². The SMILES string of the molecule is Cl.Nc1ccc(NC(=O)C(=O)N2CCC(Cc3ccccc3)CC2)cc1. The number of nitrogens with two attached hydrogens (primary N) is 1. The Hall–Kier alpha value is -2.53. The molecule has 1 saturated heterocycles. The first-order valence-corrected chi connectivity index (χ1v) is 8.61. The highest BCUT2D eigenvalue weighted by Crippen LogP contribution is 2.22. The van der Waals surface area contributed by atoms with E-state index in [1.807, 2.05) is 6.07 Å². The summed E-state index contributed by atoms with van der Waals surface area (Å²) in [5, 5.41) is 2.63. The summed E-state index contributed by atoms with van der Waals surface area (Å²) in [6, 6.07) is 17.1. The second kappa shape index (κ2) is 9.25. The maximum absolute atomic E-state index is 12.3.